The van der Waals surface area contributed by atoms with Crippen molar-refractivity contribution in [1.29, 1.82) is 0 Å². The molecule has 0 fully saturated rings. The molecule has 46 heavy (non-hydrogen) atoms. The first-order valence-corrected chi connectivity index (χ1v) is 17.1. The number of anilines is 1. The first-order chi connectivity index (χ1) is 22.1. The Morgan fingerprint density at radius 1 is 0.891 bits per heavy atom. The summed E-state index contributed by atoms with van der Waals surface area (Å²) in [6, 6.07) is 27.6. The number of ether oxygens (including phenoxy) is 1. The molecule has 0 aromatic heterocycles. The number of nitrogens with one attached hydrogen (secondary N) is 1. The van der Waals surface area contributed by atoms with Crippen LogP contribution in [0.2, 0.25) is 10.0 Å². The zero-order chi connectivity index (χ0) is 33.1. The zero-order valence-electron chi connectivity index (χ0n) is 25.7. The minimum atomic E-state index is -4.23. The van der Waals surface area contributed by atoms with E-state index in [1.807, 2.05) is 37.3 Å². The molecule has 4 aromatic carbocycles. The van der Waals surface area contributed by atoms with Gasteiger partial charge in [0, 0.05) is 35.6 Å². The average molecular weight is 683 g/mol. The number of rotatable bonds is 15. The van der Waals surface area contributed by atoms with Crippen LogP contribution < -0.4 is 14.4 Å². The maximum Gasteiger partial charge on any atom is 0.264 e. The van der Waals surface area contributed by atoms with Crippen molar-refractivity contribution in [2.75, 3.05) is 24.5 Å². The number of methoxy groups -OCH3 is 1. The monoisotopic (exact) mass is 681 g/mol. The lowest BCUT2D eigenvalue weighted by atomic mass is 10.0. The maximum absolute atomic E-state index is 14.5. The molecule has 1 unspecified atom stereocenters. The van der Waals surface area contributed by atoms with Crippen molar-refractivity contribution in [3.63, 3.8) is 0 Å². The van der Waals surface area contributed by atoms with Gasteiger partial charge >= 0.3 is 0 Å². The highest BCUT2D eigenvalue weighted by Gasteiger charge is 2.35. The molecule has 0 aliphatic rings. The average Bonchev–Trinajstić information content (AvgIpc) is 3.06. The Kier molecular flexibility index (Phi) is 12.5. The lowest BCUT2D eigenvalue weighted by Crippen LogP contribution is -2.53. The lowest BCUT2D eigenvalue weighted by molar-refractivity contribution is -0.140. The van der Waals surface area contributed by atoms with E-state index in [0.29, 0.717) is 27.9 Å². The summed E-state index contributed by atoms with van der Waals surface area (Å²) in [5.74, 6) is -0.533. The molecule has 0 aliphatic carbocycles. The molecule has 0 spiro atoms. The largest absolute Gasteiger partial charge is 0.497 e. The number of unbranched alkanes of at least 4 members (excludes halogenated alkanes) is 1. The van der Waals surface area contributed by atoms with Crippen LogP contribution in [0.15, 0.2) is 108 Å². The molecule has 0 radical (unpaired) electrons. The first-order valence-electron chi connectivity index (χ1n) is 14.9. The van der Waals surface area contributed by atoms with Gasteiger partial charge in [0.2, 0.25) is 11.8 Å². The van der Waals surface area contributed by atoms with Crippen molar-refractivity contribution in [3.8, 4) is 5.75 Å². The van der Waals surface area contributed by atoms with Crippen LogP contribution in [-0.4, -0.2) is 51.4 Å². The van der Waals surface area contributed by atoms with Crippen LogP contribution >= 0.6 is 23.2 Å². The summed E-state index contributed by atoms with van der Waals surface area (Å²) in [5.41, 5.74) is 1.62. The zero-order valence-corrected chi connectivity index (χ0v) is 28.1. The molecule has 242 valence electrons. The second kappa shape index (κ2) is 16.5. The number of benzene rings is 4. The van der Waals surface area contributed by atoms with Crippen molar-refractivity contribution in [3.05, 3.63) is 124 Å². The van der Waals surface area contributed by atoms with Gasteiger partial charge in [0.1, 0.15) is 18.3 Å². The molecule has 2 amide bonds. The molecule has 1 atom stereocenters. The Hall–Kier alpha value is -4.05. The van der Waals surface area contributed by atoms with Crippen LogP contribution in [0, 0.1) is 0 Å². The summed E-state index contributed by atoms with van der Waals surface area (Å²) < 4.78 is 34.6. The molecular weight excluding hydrogens is 645 g/mol. The van der Waals surface area contributed by atoms with Crippen LogP contribution in [0.3, 0.4) is 0 Å². The van der Waals surface area contributed by atoms with Crippen LogP contribution in [0.4, 0.5) is 5.69 Å². The Bertz CT molecular complexity index is 1720. The van der Waals surface area contributed by atoms with Gasteiger partial charge < -0.3 is 15.0 Å². The predicted octanol–water partition coefficient (Wildman–Crippen LogP) is 6.75. The van der Waals surface area contributed by atoms with Gasteiger partial charge in [-0.3, -0.25) is 13.9 Å². The number of amides is 2. The smallest absolute Gasteiger partial charge is 0.264 e. The quantitative estimate of drug-likeness (QED) is 0.140. The Labute approximate surface area is 280 Å². The third-order valence-electron chi connectivity index (χ3n) is 7.41. The number of carbonyl (C=O) groups excluding carboxylic acids is 2. The number of halogens is 2. The molecule has 4 aromatic rings. The van der Waals surface area contributed by atoms with Crippen LogP contribution in [0.5, 0.6) is 5.75 Å². The standard InChI is InChI=1S/C35H37Cl2N3O5S/c1-3-4-20-38-35(42)33(21-26-12-7-5-8-13-26)39(24-27-18-19-28(36)22-32(27)37)34(41)25-40(29-14-11-15-30(23-29)45-2)46(43,44)31-16-9-6-10-17-31/h5-19,22-23,33H,3-4,20-21,24-25H2,1-2H3,(H,38,42). The topological polar surface area (TPSA) is 96.0 Å². The number of hydrogen-bond acceptors (Lipinski definition) is 5. The van der Waals surface area contributed by atoms with E-state index in [9.17, 15) is 18.0 Å². The van der Waals surface area contributed by atoms with E-state index in [-0.39, 0.29) is 29.5 Å². The van der Waals surface area contributed by atoms with E-state index in [1.54, 1.807) is 60.7 Å². The third kappa shape index (κ3) is 9.02. The summed E-state index contributed by atoms with van der Waals surface area (Å²) in [5, 5.41) is 3.71. The molecule has 1 N–H and O–H groups in total. The highest BCUT2D eigenvalue weighted by molar-refractivity contribution is 7.92. The summed E-state index contributed by atoms with van der Waals surface area (Å²) in [6.07, 6.45) is 1.83. The molecule has 0 saturated heterocycles. The van der Waals surface area contributed by atoms with Crippen molar-refractivity contribution in [1.82, 2.24) is 10.2 Å². The summed E-state index contributed by atoms with van der Waals surface area (Å²) in [4.78, 5) is 29.8. The van der Waals surface area contributed by atoms with E-state index >= 15 is 0 Å². The number of sulfonamides is 1. The van der Waals surface area contributed by atoms with Crippen LogP contribution in [0.25, 0.3) is 0 Å². The Balaban J connectivity index is 1.81. The molecule has 0 heterocycles. The van der Waals surface area contributed by atoms with Gasteiger partial charge in [-0.05, 0) is 53.9 Å². The first kappa shape index (κ1) is 34.8. The van der Waals surface area contributed by atoms with Crippen LogP contribution in [0.1, 0.15) is 30.9 Å². The highest BCUT2D eigenvalue weighted by atomic mass is 35.5. The minimum absolute atomic E-state index is 0.0102. The van der Waals surface area contributed by atoms with Crippen molar-refractivity contribution in [2.24, 2.45) is 0 Å². The Morgan fingerprint density at radius 2 is 1.59 bits per heavy atom. The second-order valence-electron chi connectivity index (χ2n) is 10.6. The normalized spacial score (nSPS) is 11.8. The summed E-state index contributed by atoms with van der Waals surface area (Å²) in [6.45, 7) is 1.79. The molecule has 4 rings (SSSR count). The van der Waals surface area contributed by atoms with Crippen molar-refractivity contribution < 1.29 is 22.7 Å². The fraction of sp³-hybridized carbons (Fsp3) is 0.257. The van der Waals surface area contributed by atoms with Gasteiger partial charge in [-0.2, -0.15) is 0 Å². The molecule has 11 heteroatoms. The number of hydrogen-bond donors (Lipinski definition) is 1. The number of nitrogens with zero attached hydrogens (tertiary/aromatic N) is 2. The fourth-order valence-corrected chi connectivity index (χ4v) is 6.80. The SMILES string of the molecule is CCCCNC(=O)C(Cc1ccccc1)N(Cc1ccc(Cl)cc1Cl)C(=O)CN(c1cccc(OC)c1)S(=O)(=O)c1ccccc1. The molecular formula is C35H37Cl2N3O5S. The number of carbonyl (C=O) groups is 2. The van der Waals surface area contributed by atoms with Crippen molar-refractivity contribution >= 4 is 50.7 Å². The predicted molar refractivity (Wildman–Crippen MR) is 183 cm³/mol. The molecule has 8 nitrogen and oxygen atoms in total. The minimum Gasteiger partial charge on any atom is -0.497 e. The van der Waals surface area contributed by atoms with Gasteiger partial charge in [-0.1, -0.05) is 97.2 Å². The molecule has 0 bridgehead atoms. The fourth-order valence-electron chi connectivity index (χ4n) is 4.91. The maximum atomic E-state index is 14.5. The summed E-state index contributed by atoms with van der Waals surface area (Å²) >= 11 is 12.7. The van der Waals surface area contributed by atoms with Gasteiger partial charge in [0.05, 0.1) is 17.7 Å². The van der Waals surface area contributed by atoms with E-state index in [0.717, 1.165) is 22.7 Å². The third-order valence-corrected chi connectivity index (χ3v) is 9.78. The highest BCUT2D eigenvalue weighted by Crippen LogP contribution is 2.29. The van der Waals surface area contributed by atoms with E-state index in [4.69, 9.17) is 27.9 Å². The Morgan fingerprint density at radius 3 is 2.24 bits per heavy atom. The van der Waals surface area contributed by atoms with Crippen LogP contribution in [-0.2, 0) is 32.6 Å². The lowest BCUT2D eigenvalue weighted by Gasteiger charge is -2.34. The van der Waals surface area contributed by atoms with Gasteiger partial charge in [-0.25, -0.2) is 8.42 Å². The van der Waals surface area contributed by atoms with Gasteiger partial charge in [-0.15, -0.1) is 0 Å². The molecule has 0 saturated carbocycles. The molecule has 0 aliphatic heterocycles. The van der Waals surface area contributed by atoms with Gasteiger partial charge in [0.25, 0.3) is 10.0 Å². The second-order valence-corrected chi connectivity index (χ2v) is 13.3. The van der Waals surface area contributed by atoms with Gasteiger partial charge in [0.15, 0.2) is 0 Å². The van der Waals surface area contributed by atoms with E-state index in [2.05, 4.69) is 5.32 Å². The van der Waals surface area contributed by atoms with Crippen molar-refractivity contribution in [2.45, 2.75) is 43.7 Å². The van der Waals surface area contributed by atoms with E-state index < -0.39 is 28.5 Å². The summed E-state index contributed by atoms with van der Waals surface area (Å²) in [7, 11) is -2.76. The van der Waals surface area contributed by atoms with E-state index in [1.165, 1.54) is 24.1 Å².